The summed E-state index contributed by atoms with van der Waals surface area (Å²) in [6.45, 7) is 0. The van der Waals surface area contributed by atoms with Gasteiger partial charge in [-0.1, -0.05) is 77.2 Å². The Morgan fingerprint density at radius 2 is 1.74 bits per heavy atom. The first-order chi connectivity index (χ1) is 17.1. The molecule has 3 aromatic carbocycles. The van der Waals surface area contributed by atoms with Crippen LogP contribution in [0.15, 0.2) is 88.3 Å². The van der Waals surface area contributed by atoms with E-state index in [1.165, 1.54) is 22.3 Å². The number of hydrazone groups is 1. The Bertz CT molecular complexity index is 1450. The van der Waals surface area contributed by atoms with Crippen LogP contribution in [0.25, 0.3) is 10.2 Å². The predicted molar refractivity (Wildman–Crippen MR) is 148 cm³/mol. The Balaban J connectivity index is 1.14. The molecule has 5 rings (SSSR count). The topological polar surface area (TPSA) is 79.3 Å². The minimum Gasteiger partial charge on any atom is -0.331 e. The molecular formula is C25H18ClN5OS3. The molecule has 0 radical (unpaired) electrons. The van der Waals surface area contributed by atoms with Crippen molar-refractivity contribution in [2.75, 3.05) is 5.32 Å². The first-order valence-electron chi connectivity index (χ1n) is 10.5. The number of thioether (sulfide) groups is 1. The number of rotatable bonds is 8. The zero-order chi connectivity index (χ0) is 24.0. The molecule has 0 atom stereocenters. The van der Waals surface area contributed by atoms with Crippen molar-refractivity contribution in [3.8, 4) is 0 Å². The number of hydrogen-bond donors (Lipinski definition) is 2. The Labute approximate surface area is 219 Å². The molecule has 2 N–H and O–H groups in total. The van der Waals surface area contributed by atoms with Gasteiger partial charge < -0.3 is 5.32 Å². The average molecular weight is 536 g/mol. The average Bonchev–Trinajstić information content (AvgIpc) is 3.46. The molecule has 0 fully saturated rings. The van der Waals surface area contributed by atoms with E-state index in [2.05, 4.69) is 31.9 Å². The summed E-state index contributed by atoms with van der Waals surface area (Å²) in [5.41, 5.74) is 6.12. The number of halogens is 1. The minimum atomic E-state index is -0.296. The first kappa shape index (κ1) is 23.5. The number of anilines is 2. The second-order valence-corrected chi connectivity index (χ2v) is 10.9. The van der Waals surface area contributed by atoms with E-state index in [-0.39, 0.29) is 5.91 Å². The zero-order valence-corrected chi connectivity index (χ0v) is 21.3. The van der Waals surface area contributed by atoms with Gasteiger partial charge in [0, 0.05) is 17.0 Å². The number of fused-ring (bicyclic) bond motifs is 1. The number of hydrogen-bond acceptors (Lipinski definition) is 8. The van der Waals surface area contributed by atoms with Gasteiger partial charge in [0.2, 0.25) is 0 Å². The fourth-order valence-electron chi connectivity index (χ4n) is 3.12. The SMILES string of the molecule is O=C(NN=Cc1sc(Nc2ccccc2)nc1Cl)c1ccc(CSc2nc3ccccc3s2)cc1. The van der Waals surface area contributed by atoms with Crippen molar-refractivity contribution in [2.45, 2.75) is 10.1 Å². The molecule has 35 heavy (non-hydrogen) atoms. The third kappa shape index (κ3) is 6.07. The van der Waals surface area contributed by atoms with Crippen LogP contribution in [0.3, 0.4) is 0 Å². The van der Waals surface area contributed by atoms with E-state index in [1.54, 1.807) is 35.2 Å². The Kier molecular flexibility index (Phi) is 7.39. The molecule has 6 nitrogen and oxygen atoms in total. The van der Waals surface area contributed by atoms with Crippen LogP contribution in [-0.2, 0) is 5.75 Å². The molecule has 10 heteroatoms. The summed E-state index contributed by atoms with van der Waals surface area (Å²) in [4.78, 5) is 22.0. The van der Waals surface area contributed by atoms with Gasteiger partial charge >= 0.3 is 0 Å². The third-order valence-electron chi connectivity index (χ3n) is 4.84. The summed E-state index contributed by atoms with van der Waals surface area (Å²) in [7, 11) is 0. The van der Waals surface area contributed by atoms with E-state index in [0.717, 1.165) is 26.9 Å². The van der Waals surface area contributed by atoms with Crippen LogP contribution in [0.4, 0.5) is 10.8 Å². The fourth-order valence-corrected chi connectivity index (χ4v) is 6.19. The number of nitrogens with zero attached hydrogens (tertiary/aromatic N) is 3. The van der Waals surface area contributed by atoms with Gasteiger partial charge in [0.05, 0.1) is 21.3 Å². The van der Waals surface area contributed by atoms with Crippen molar-refractivity contribution >= 4 is 79.2 Å². The molecule has 0 unspecified atom stereocenters. The highest BCUT2D eigenvalue weighted by atomic mass is 35.5. The van der Waals surface area contributed by atoms with Gasteiger partial charge in [0.25, 0.3) is 5.91 Å². The van der Waals surface area contributed by atoms with E-state index in [0.29, 0.717) is 20.7 Å². The molecule has 0 saturated carbocycles. The van der Waals surface area contributed by atoms with Gasteiger partial charge in [-0.05, 0) is 42.0 Å². The smallest absolute Gasteiger partial charge is 0.271 e. The van der Waals surface area contributed by atoms with E-state index in [4.69, 9.17) is 11.6 Å². The Hall–Kier alpha value is -3.24. The third-order valence-corrected chi connectivity index (χ3v) is 8.39. The molecule has 0 aliphatic carbocycles. The number of benzene rings is 3. The maximum Gasteiger partial charge on any atom is 0.271 e. The Morgan fingerprint density at radius 1 is 0.971 bits per heavy atom. The van der Waals surface area contributed by atoms with E-state index < -0.39 is 0 Å². The van der Waals surface area contributed by atoms with Crippen LogP contribution in [-0.4, -0.2) is 22.1 Å². The van der Waals surface area contributed by atoms with E-state index in [9.17, 15) is 4.79 Å². The number of carbonyl (C=O) groups excluding carboxylic acids is 1. The molecule has 2 heterocycles. The molecule has 174 valence electrons. The number of nitrogens with one attached hydrogen (secondary N) is 2. The summed E-state index contributed by atoms with van der Waals surface area (Å²) < 4.78 is 2.22. The van der Waals surface area contributed by atoms with Crippen LogP contribution in [0, 0.1) is 0 Å². The fraction of sp³-hybridized carbons (Fsp3) is 0.0400. The maximum atomic E-state index is 12.5. The predicted octanol–water partition coefficient (Wildman–Crippen LogP) is 7.21. The van der Waals surface area contributed by atoms with Gasteiger partial charge in [-0.25, -0.2) is 15.4 Å². The van der Waals surface area contributed by atoms with Crippen LogP contribution in [0.5, 0.6) is 0 Å². The van der Waals surface area contributed by atoms with Gasteiger partial charge in [-0.3, -0.25) is 4.79 Å². The number of thiazole rings is 2. The van der Waals surface area contributed by atoms with Gasteiger partial charge in [0.15, 0.2) is 14.6 Å². The van der Waals surface area contributed by atoms with Gasteiger partial charge in [-0.15, -0.1) is 11.3 Å². The lowest BCUT2D eigenvalue weighted by molar-refractivity contribution is 0.0955. The lowest BCUT2D eigenvalue weighted by Gasteiger charge is -2.02. The monoisotopic (exact) mass is 535 g/mol. The lowest BCUT2D eigenvalue weighted by Crippen LogP contribution is -2.17. The van der Waals surface area contributed by atoms with Crippen LogP contribution >= 0.6 is 46.0 Å². The standard InChI is InChI=1S/C25H18ClN5OS3/c26-22-21(34-24(30-22)28-18-6-2-1-3-7-18)14-27-31-23(32)17-12-10-16(11-13-17)15-33-25-29-19-8-4-5-9-20(19)35-25/h1-14H,15H2,(H,28,30)(H,31,32). The summed E-state index contributed by atoms with van der Waals surface area (Å²) in [5, 5.41) is 8.20. The molecule has 0 bridgehead atoms. The van der Waals surface area contributed by atoms with E-state index in [1.807, 2.05) is 60.7 Å². The number of amides is 1. The first-order valence-corrected chi connectivity index (χ1v) is 13.5. The number of carbonyl (C=O) groups is 1. The Morgan fingerprint density at radius 3 is 2.54 bits per heavy atom. The number of para-hydroxylation sites is 2. The van der Waals surface area contributed by atoms with Crippen molar-refractivity contribution in [3.63, 3.8) is 0 Å². The quantitative estimate of drug-likeness (QED) is 0.125. The maximum absolute atomic E-state index is 12.5. The second kappa shape index (κ2) is 11.0. The molecular weight excluding hydrogens is 518 g/mol. The summed E-state index contributed by atoms with van der Waals surface area (Å²) in [6.07, 6.45) is 1.50. The van der Waals surface area contributed by atoms with Crippen LogP contribution in [0.1, 0.15) is 20.8 Å². The second-order valence-electron chi connectivity index (χ2n) is 7.30. The molecule has 0 saturated heterocycles. The van der Waals surface area contributed by atoms with E-state index >= 15 is 0 Å². The molecule has 0 spiro atoms. The van der Waals surface area contributed by atoms with Gasteiger partial charge in [0.1, 0.15) is 0 Å². The van der Waals surface area contributed by atoms with Crippen molar-refractivity contribution in [3.05, 3.63) is 100 Å². The summed E-state index contributed by atoms with van der Waals surface area (Å²) >= 11 is 10.9. The van der Waals surface area contributed by atoms with Crippen molar-refractivity contribution < 1.29 is 4.79 Å². The largest absolute Gasteiger partial charge is 0.331 e. The summed E-state index contributed by atoms with van der Waals surface area (Å²) in [5.74, 6) is 0.484. The number of aromatic nitrogens is 2. The van der Waals surface area contributed by atoms with Crippen LogP contribution in [0.2, 0.25) is 5.15 Å². The zero-order valence-electron chi connectivity index (χ0n) is 18.1. The highest BCUT2D eigenvalue weighted by Gasteiger charge is 2.09. The highest BCUT2D eigenvalue weighted by molar-refractivity contribution is 8.00. The van der Waals surface area contributed by atoms with Gasteiger partial charge in [-0.2, -0.15) is 5.10 Å². The summed E-state index contributed by atoms with van der Waals surface area (Å²) in [6, 6.07) is 25.3. The normalized spacial score (nSPS) is 11.2. The molecule has 0 aliphatic heterocycles. The molecule has 1 amide bonds. The van der Waals surface area contributed by atoms with Crippen molar-refractivity contribution in [1.82, 2.24) is 15.4 Å². The van der Waals surface area contributed by atoms with Crippen molar-refractivity contribution in [2.24, 2.45) is 5.10 Å². The molecule has 5 aromatic rings. The highest BCUT2D eigenvalue weighted by Crippen LogP contribution is 2.31. The lowest BCUT2D eigenvalue weighted by atomic mass is 10.1. The van der Waals surface area contributed by atoms with Crippen molar-refractivity contribution in [1.29, 1.82) is 0 Å². The molecule has 2 aromatic heterocycles. The minimum absolute atomic E-state index is 0.296. The van der Waals surface area contributed by atoms with Crippen LogP contribution < -0.4 is 10.7 Å². The molecule has 0 aliphatic rings.